The molecule has 1 aliphatic rings. The quantitative estimate of drug-likeness (QED) is 0.420. The van der Waals surface area contributed by atoms with Crippen molar-refractivity contribution in [3.05, 3.63) is 74.1 Å². The fourth-order valence-electron chi connectivity index (χ4n) is 3.55. The number of non-ortho nitro benzene ring substituents is 1. The van der Waals surface area contributed by atoms with Crippen LogP contribution in [0.1, 0.15) is 38.0 Å². The van der Waals surface area contributed by atoms with Crippen molar-refractivity contribution in [2.24, 2.45) is 0 Å². The number of rotatable bonds is 5. The summed E-state index contributed by atoms with van der Waals surface area (Å²) in [5.74, 6) is 0.321. The Morgan fingerprint density at radius 2 is 1.97 bits per heavy atom. The molecule has 4 rings (SSSR count). The molecule has 0 bridgehead atoms. The Balaban J connectivity index is 0.000000192. The molecule has 10 heteroatoms. The van der Waals surface area contributed by atoms with Gasteiger partial charge < -0.3 is 19.6 Å². The van der Waals surface area contributed by atoms with E-state index < -0.39 is 10.9 Å². The monoisotopic (exact) mass is 468 g/mol. The standard InChI is InChI=1S/C13H15NO4.C11H9NO4/c1-8(15)14-10-3-5-12-9(6-10)2-4-11(18-12)7-13(16)17;1-2-8-6-10(13)9-5-7(12(14)15)3-4-11(9)16-8/h3,5-6,11H,2,4,7H2,1H3,(H,14,15)(H,16,17);3-6H,2H2,1H3. The van der Waals surface area contributed by atoms with Gasteiger partial charge in [-0.3, -0.25) is 24.5 Å². The van der Waals surface area contributed by atoms with E-state index in [1.54, 1.807) is 12.1 Å². The van der Waals surface area contributed by atoms with Gasteiger partial charge in [0.15, 0.2) is 5.43 Å². The van der Waals surface area contributed by atoms with Gasteiger partial charge in [0.1, 0.15) is 23.2 Å². The highest BCUT2D eigenvalue weighted by molar-refractivity contribution is 5.88. The molecule has 0 fully saturated rings. The Morgan fingerprint density at radius 1 is 1.21 bits per heavy atom. The lowest BCUT2D eigenvalue weighted by Crippen LogP contribution is -2.25. The first-order valence-electron chi connectivity index (χ1n) is 10.7. The number of ether oxygens (including phenoxy) is 1. The highest BCUT2D eigenvalue weighted by Crippen LogP contribution is 2.31. The van der Waals surface area contributed by atoms with Crippen molar-refractivity contribution in [3.63, 3.8) is 0 Å². The number of anilines is 1. The molecular formula is C24H24N2O8. The summed E-state index contributed by atoms with van der Waals surface area (Å²) in [6.07, 6.45) is 1.82. The fourth-order valence-corrected chi connectivity index (χ4v) is 3.55. The summed E-state index contributed by atoms with van der Waals surface area (Å²) in [6.45, 7) is 3.33. The first kappa shape index (κ1) is 24.4. The fraction of sp³-hybridized carbons (Fsp3) is 0.292. The molecule has 34 heavy (non-hydrogen) atoms. The van der Waals surface area contributed by atoms with Gasteiger partial charge in [0.2, 0.25) is 5.91 Å². The Labute approximate surface area is 194 Å². The second-order valence-corrected chi connectivity index (χ2v) is 7.75. The van der Waals surface area contributed by atoms with Crippen molar-refractivity contribution < 1.29 is 28.8 Å². The summed E-state index contributed by atoms with van der Waals surface area (Å²) < 4.78 is 11.0. The molecule has 1 atom stereocenters. The maximum Gasteiger partial charge on any atom is 0.307 e. The van der Waals surface area contributed by atoms with Crippen molar-refractivity contribution in [2.45, 2.75) is 45.6 Å². The molecule has 10 nitrogen and oxygen atoms in total. The van der Waals surface area contributed by atoms with Gasteiger partial charge in [0.25, 0.3) is 5.69 Å². The van der Waals surface area contributed by atoms with E-state index in [4.69, 9.17) is 14.3 Å². The van der Waals surface area contributed by atoms with E-state index in [-0.39, 0.29) is 34.9 Å². The van der Waals surface area contributed by atoms with Crippen LogP contribution in [0.5, 0.6) is 5.75 Å². The van der Waals surface area contributed by atoms with Gasteiger partial charge in [-0.15, -0.1) is 0 Å². The van der Waals surface area contributed by atoms with Crippen LogP contribution in [0.2, 0.25) is 0 Å². The Morgan fingerprint density at radius 3 is 2.62 bits per heavy atom. The van der Waals surface area contributed by atoms with Crippen LogP contribution >= 0.6 is 0 Å². The summed E-state index contributed by atoms with van der Waals surface area (Å²) in [5, 5.41) is 22.2. The van der Waals surface area contributed by atoms with Crippen LogP contribution in [-0.4, -0.2) is 28.0 Å². The highest BCUT2D eigenvalue weighted by Gasteiger charge is 2.22. The van der Waals surface area contributed by atoms with Crippen LogP contribution < -0.4 is 15.5 Å². The maximum atomic E-state index is 11.7. The number of hydrogen-bond acceptors (Lipinski definition) is 7. The van der Waals surface area contributed by atoms with Crippen molar-refractivity contribution in [2.75, 3.05) is 5.32 Å². The maximum absolute atomic E-state index is 11.7. The number of amides is 1. The molecule has 0 saturated heterocycles. The third-order valence-electron chi connectivity index (χ3n) is 5.13. The molecule has 0 saturated carbocycles. The lowest BCUT2D eigenvalue weighted by molar-refractivity contribution is -0.384. The number of carboxylic acids is 1. The number of carboxylic acid groups (broad SMARTS) is 1. The smallest absolute Gasteiger partial charge is 0.307 e. The molecule has 1 aromatic heterocycles. The van der Waals surface area contributed by atoms with E-state index in [2.05, 4.69) is 5.32 Å². The van der Waals surface area contributed by atoms with Crippen molar-refractivity contribution in [1.29, 1.82) is 0 Å². The second-order valence-electron chi connectivity index (χ2n) is 7.75. The molecule has 0 spiro atoms. The summed E-state index contributed by atoms with van der Waals surface area (Å²) in [6, 6.07) is 10.8. The molecule has 0 aliphatic carbocycles. The number of carbonyl (C=O) groups is 2. The number of fused-ring (bicyclic) bond motifs is 2. The number of nitrogens with one attached hydrogen (secondary N) is 1. The van der Waals surface area contributed by atoms with Crippen molar-refractivity contribution >= 4 is 34.2 Å². The summed E-state index contributed by atoms with van der Waals surface area (Å²) in [4.78, 5) is 43.2. The number of nitro groups is 1. The van der Waals surface area contributed by atoms with E-state index in [0.29, 0.717) is 29.9 Å². The zero-order chi connectivity index (χ0) is 24.8. The molecule has 2 N–H and O–H groups in total. The number of benzene rings is 2. The third kappa shape index (κ3) is 6.18. The van der Waals surface area contributed by atoms with Gasteiger partial charge in [-0.2, -0.15) is 0 Å². The zero-order valence-corrected chi connectivity index (χ0v) is 18.7. The zero-order valence-electron chi connectivity index (χ0n) is 18.7. The molecule has 0 radical (unpaired) electrons. The molecule has 2 heterocycles. The third-order valence-corrected chi connectivity index (χ3v) is 5.13. The van der Waals surface area contributed by atoms with Crippen LogP contribution in [0.3, 0.4) is 0 Å². The van der Waals surface area contributed by atoms with Crippen LogP contribution in [0.4, 0.5) is 11.4 Å². The number of hydrogen-bond donors (Lipinski definition) is 2. The van der Waals surface area contributed by atoms with Gasteiger partial charge in [0.05, 0.1) is 16.7 Å². The topological polar surface area (TPSA) is 149 Å². The molecule has 1 aliphatic heterocycles. The average molecular weight is 468 g/mol. The normalized spacial score (nSPS) is 14.2. The summed E-state index contributed by atoms with van der Waals surface area (Å²) >= 11 is 0. The largest absolute Gasteiger partial charge is 0.490 e. The molecule has 2 aromatic carbocycles. The number of aryl methyl sites for hydroxylation is 2. The molecule has 178 valence electrons. The number of nitro benzene ring substituents is 1. The SMILES string of the molecule is CC(=O)Nc1ccc2c(c1)CCC(CC(=O)O)O2.CCc1cc(=O)c2cc([N+](=O)[O-])ccc2o1. The van der Waals surface area contributed by atoms with E-state index in [1.807, 2.05) is 13.0 Å². The van der Waals surface area contributed by atoms with Crippen LogP contribution in [0.25, 0.3) is 11.0 Å². The molecule has 1 amide bonds. The number of aliphatic carboxylic acids is 1. The molecular weight excluding hydrogens is 444 g/mol. The number of nitrogens with zero attached hydrogens (tertiary/aromatic N) is 1. The Hall–Kier alpha value is -4.21. The van der Waals surface area contributed by atoms with E-state index in [9.17, 15) is 24.5 Å². The minimum Gasteiger partial charge on any atom is -0.490 e. The Bertz CT molecular complexity index is 1300. The molecule has 1 unspecified atom stereocenters. The number of carbonyl (C=O) groups excluding carboxylic acids is 1. The van der Waals surface area contributed by atoms with E-state index >= 15 is 0 Å². The van der Waals surface area contributed by atoms with Gasteiger partial charge >= 0.3 is 5.97 Å². The Kier molecular flexibility index (Phi) is 7.62. The minimum atomic E-state index is -0.849. The first-order chi connectivity index (χ1) is 16.2. The van der Waals surface area contributed by atoms with Gasteiger partial charge in [0, 0.05) is 37.2 Å². The van der Waals surface area contributed by atoms with Gasteiger partial charge in [-0.05, 0) is 42.7 Å². The predicted octanol–water partition coefficient (Wildman–Crippen LogP) is 4.08. The van der Waals surface area contributed by atoms with Gasteiger partial charge in [-0.1, -0.05) is 6.92 Å². The summed E-state index contributed by atoms with van der Waals surface area (Å²) in [7, 11) is 0. The first-order valence-corrected chi connectivity index (χ1v) is 10.7. The average Bonchev–Trinajstić information content (AvgIpc) is 2.78. The summed E-state index contributed by atoms with van der Waals surface area (Å²) in [5.41, 5.74) is 1.77. The lowest BCUT2D eigenvalue weighted by Gasteiger charge is -2.25. The predicted molar refractivity (Wildman–Crippen MR) is 124 cm³/mol. The van der Waals surface area contributed by atoms with Crippen LogP contribution in [0.15, 0.2) is 51.7 Å². The van der Waals surface area contributed by atoms with Crippen molar-refractivity contribution in [1.82, 2.24) is 0 Å². The van der Waals surface area contributed by atoms with Crippen LogP contribution in [0, 0.1) is 10.1 Å². The van der Waals surface area contributed by atoms with E-state index in [0.717, 1.165) is 17.7 Å². The van der Waals surface area contributed by atoms with Crippen LogP contribution in [-0.2, 0) is 22.4 Å². The molecule has 3 aromatic rings. The van der Waals surface area contributed by atoms with Gasteiger partial charge in [-0.25, -0.2) is 0 Å². The van der Waals surface area contributed by atoms with Crippen molar-refractivity contribution in [3.8, 4) is 5.75 Å². The van der Waals surface area contributed by atoms with E-state index in [1.165, 1.54) is 31.2 Å². The lowest BCUT2D eigenvalue weighted by atomic mass is 10.00. The highest BCUT2D eigenvalue weighted by atomic mass is 16.6. The minimum absolute atomic E-state index is 0.0207. The second kappa shape index (κ2) is 10.6.